The molecule has 20 fully saturated rings. The number of hydrogen-bond acceptors (Lipinski definition) is 16. The highest BCUT2D eigenvalue weighted by Crippen LogP contribution is 2.69. The molecule has 129 heavy (non-hydrogen) atoms. The van der Waals surface area contributed by atoms with E-state index in [1.165, 1.54) is 183 Å². The van der Waals surface area contributed by atoms with Crippen LogP contribution in [0.2, 0.25) is 0 Å². The first-order chi connectivity index (χ1) is 61.8. The number of aliphatic carboxylic acids is 3. The van der Waals surface area contributed by atoms with Crippen LogP contribution in [0.3, 0.4) is 0 Å². The molecule has 0 aromatic carbocycles. The number of fused-ring (bicyclic) bond motifs is 12. The van der Waals surface area contributed by atoms with Crippen LogP contribution in [0.4, 0.5) is 0 Å². The van der Waals surface area contributed by atoms with Gasteiger partial charge in [-0.25, -0.2) is 0 Å². The molecule has 8 aliphatic heterocycles. The molecule has 20 aliphatic rings. The fraction of sp³-hybridized carbons (Fsp3) is 0.890. The number of amides is 1. The van der Waals surface area contributed by atoms with Gasteiger partial charge in [0.15, 0.2) is 25.2 Å². The monoisotopic (exact) mass is 1790 g/mol. The van der Waals surface area contributed by atoms with Crippen molar-refractivity contribution in [2.24, 2.45) is 114 Å². The van der Waals surface area contributed by atoms with Crippen molar-refractivity contribution >= 4 is 23.8 Å². The molecule has 0 aromatic heterocycles. The van der Waals surface area contributed by atoms with Crippen LogP contribution in [0, 0.1) is 114 Å². The quantitative estimate of drug-likeness (QED) is 0.0831. The lowest BCUT2D eigenvalue weighted by atomic mass is 9.46. The Morgan fingerprint density at radius 1 is 0.333 bits per heavy atom. The van der Waals surface area contributed by atoms with Gasteiger partial charge in [0.2, 0.25) is 5.91 Å². The van der Waals surface area contributed by atoms with Crippen molar-refractivity contribution in [3.63, 3.8) is 0 Å². The number of likely N-dealkylation sites (tertiary alicyclic amines) is 4. The fourth-order valence-electron chi connectivity index (χ4n) is 34.2. The summed E-state index contributed by atoms with van der Waals surface area (Å²) in [5.74, 6) is 4.81. The molecule has 4 N–H and O–H groups in total. The fourth-order valence-corrected chi connectivity index (χ4v) is 34.2. The standard InChI is InChI=1S/C28H46N2O3.3C27H43NO4/c1-19-9-10-24-27(3,23(19)13-16-30-15-12-22(17-30)29-20(2)31)14-11-25-28(24,4)18-32-26(33-25)21-7-5-6-8-21;3*1-18-10-11-22-26(2,20(18)13-16-28-15-6-9-21(28)24(29)30)14-12-23-27(22,3)17-31-25(32-23)19-7-4-5-8-19/h21-26H,1,5-18H2,2-4H3,(H,29,31);3*19-23,25H,1,4-17H2,2-3H3,(H,29,30)/t22-,23+,24?,25+,26+,27-,28-;20-,21?,22?,23-,25-,26+,27+;20-,21+,22?,23-,25-,26+,27+;20-,21-,22?,23-,25-,26+,27+/m0111/s1. The number of nitrogens with zero attached hydrogens (tertiary/aromatic N) is 4. The second-order valence-corrected chi connectivity index (χ2v) is 48.5. The number of carboxylic acid groups (broad SMARTS) is 3. The molecule has 12 saturated carbocycles. The van der Waals surface area contributed by atoms with Gasteiger partial charge in [-0.1, -0.05) is 155 Å². The van der Waals surface area contributed by atoms with Crippen molar-refractivity contribution in [1.82, 2.24) is 24.9 Å². The molecule has 20 rings (SSSR count). The Balaban J connectivity index is 0.000000121. The van der Waals surface area contributed by atoms with Crippen LogP contribution in [0.1, 0.15) is 338 Å². The molecule has 0 radical (unpaired) electrons. The van der Waals surface area contributed by atoms with E-state index in [1.54, 1.807) is 6.92 Å². The molecule has 8 saturated heterocycles. The second kappa shape index (κ2) is 40.1. The number of ether oxygens (including phenoxy) is 8. The predicted octanol–water partition coefficient (Wildman–Crippen LogP) is 20.6. The van der Waals surface area contributed by atoms with E-state index in [-0.39, 0.29) is 92.5 Å². The van der Waals surface area contributed by atoms with E-state index >= 15 is 0 Å². The zero-order chi connectivity index (χ0) is 90.7. The molecule has 0 bridgehead atoms. The maximum absolute atomic E-state index is 11.7. The Labute approximate surface area is 777 Å². The minimum atomic E-state index is -0.657. The van der Waals surface area contributed by atoms with Crippen LogP contribution in [-0.4, -0.2) is 218 Å². The van der Waals surface area contributed by atoms with Crippen LogP contribution < -0.4 is 5.32 Å². The first-order valence-electron chi connectivity index (χ1n) is 53.5. The molecule has 28 atom stereocenters. The molecule has 8 heterocycles. The molecule has 20 heteroatoms. The minimum absolute atomic E-state index is 0.0115. The van der Waals surface area contributed by atoms with E-state index in [1.807, 2.05) is 0 Å². The number of carboxylic acids is 3. The van der Waals surface area contributed by atoms with Crippen molar-refractivity contribution in [1.29, 1.82) is 0 Å². The van der Waals surface area contributed by atoms with Gasteiger partial charge in [0.05, 0.1) is 50.8 Å². The Kier molecular flexibility index (Phi) is 30.1. The van der Waals surface area contributed by atoms with Gasteiger partial charge >= 0.3 is 17.9 Å². The lowest BCUT2D eigenvalue weighted by Gasteiger charge is -2.63. The van der Waals surface area contributed by atoms with Crippen molar-refractivity contribution < 1.29 is 72.4 Å². The summed E-state index contributed by atoms with van der Waals surface area (Å²) in [7, 11) is 0. The zero-order valence-electron chi connectivity index (χ0n) is 81.8. The SMILES string of the molecule is C=C1CCC2[C@]3(C)CO[C@@H](C4CCCC4)O[C@@H]3CC[C@@]2(C)[C@@H]1CCN1CCCC1C(=O)O.C=C1CCC2[C@]3(C)CO[C@@H](C4CCCC4)O[C@@H]3CC[C@@]2(C)[C@@H]1CCN1CCC[C@@H]1C(=O)O.C=C1CCC2[C@]3(C)CO[C@@H](C4CCCC4)O[C@@H]3CC[C@@]2(C)[C@@H]1CCN1CCC[C@H]1C(=O)O.C=C1CCC2[C@]3(C)CO[C@@H](C4CCCC4)O[C@@H]3CC[C@@]2(C)[C@@H]1CCN1CC[C@H](NC(C)=O)C1. The molecule has 1 amide bonds. The van der Waals surface area contributed by atoms with Crippen molar-refractivity contribution in [2.75, 3.05) is 85.3 Å². The summed E-state index contributed by atoms with van der Waals surface area (Å²) in [6, 6.07) is -0.566. The molecule has 20 nitrogen and oxygen atoms in total. The molecule has 0 spiro atoms. The topological polar surface area (TPSA) is 228 Å². The summed E-state index contributed by atoms with van der Waals surface area (Å²) in [4.78, 5) is 55.6. The number of allylic oxidation sites excluding steroid dienone is 4. The van der Waals surface area contributed by atoms with Crippen LogP contribution in [-0.2, 0) is 57.1 Å². The van der Waals surface area contributed by atoms with Crippen molar-refractivity contribution in [3.05, 3.63) is 48.6 Å². The van der Waals surface area contributed by atoms with Crippen molar-refractivity contribution in [3.8, 4) is 0 Å². The highest BCUT2D eigenvalue weighted by atomic mass is 16.7. The molecular weight excluding hydrogens is 1620 g/mol. The molecular formula is C109H175N5O15. The number of rotatable bonds is 20. The van der Waals surface area contributed by atoms with Gasteiger partial charge < -0.3 is 63.4 Å². The maximum atomic E-state index is 11.7. The smallest absolute Gasteiger partial charge is 0.320 e. The van der Waals surface area contributed by atoms with Crippen LogP contribution in [0.5, 0.6) is 0 Å². The number of hydrogen-bond donors (Lipinski definition) is 4. The summed E-state index contributed by atoms with van der Waals surface area (Å²) < 4.78 is 52.7. The van der Waals surface area contributed by atoms with Gasteiger partial charge in [-0.05, 0) is 340 Å². The van der Waals surface area contributed by atoms with Gasteiger partial charge in [-0.2, -0.15) is 0 Å². The normalized spacial score (nSPS) is 45.3. The highest BCUT2D eigenvalue weighted by Gasteiger charge is 2.66. The van der Waals surface area contributed by atoms with Gasteiger partial charge in [-0.15, -0.1) is 0 Å². The van der Waals surface area contributed by atoms with Gasteiger partial charge in [0, 0.05) is 71.4 Å². The van der Waals surface area contributed by atoms with E-state index in [4.69, 9.17) is 37.9 Å². The molecule has 5 unspecified atom stereocenters. The summed E-state index contributed by atoms with van der Waals surface area (Å²) >= 11 is 0. The summed E-state index contributed by atoms with van der Waals surface area (Å²) in [5, 5.41) is 31.9. The van der Waals surface area contributed by atoms with Crippen molar-refractivity contribution in [2.45, 2.75) is 412 Å². The first kappa shape index (κ1) is 97.0. The number of carbonyl (C=O) groups excluding carboxylic acids is 1. The third-order valence-corrected chi connectivity index (χ3v) is 41.3. The van der Waals surface area contributed by atoms with Gasteiger partial charge in [0.25, 0.3) is 0 Å². The maximum Gasteiger partial charge on any atom is 0.320 e. The Hall–Kier alpha value is -3.64. The Morgan fingerprint density at radius 2 is 0.589 bits per heavy atom. The Bertz CT molecular complexity index is 3640. The number of carbonyl (C=O) groups is 4. The van der Waals surface area contributed by atoms with Crippen LogP contribution in [0.25, 0.3) is 0 Å². The summed E-state index contributed by atoms with van der Waals surface area (Å²) in [6.45, 7) is 51.5. The zero-order valence-corrected chi connectivity index (χ0v) is 81.8. The molecule has 726 valence electrons. The first-order valence-corrected chi connectivity index (χ1v) is 53.5. The summed E-state index contributed by atoms with van der Waals surface area (Å²) in [5.41, 5.74) is 6.83. The average Bonchev–Trinajstić information content (AvgIpc) is 1.62. The minimum Gasteiger partial charge on any atom is -0.480 e. The van der Waals surface area contributed by atoms with E-state index in [0.29, 0.717) is 101 Å². The third kappa shape index (κ3) is 19.2. The van der Waals surface area contributed by atoms with Gasteiger partial charge in [-0.3, -0.25) is 33.9 Å². The lowest BCUT2D eigenvalue weighted by Crippen LogP contribution is -2.62. The van der Waals surface area contributed by atoms with E-state index in [9.17, 15) is 34.5 Å². The lowest BCUT2D eigenvalue weighted by molar-refractivity contribution is -0.316. The van der Waals surface area contributed by atoms with E-state index in [0.717, 1.165) is 201 Å². The average molecular weight is 1800 g/mol. The van der Waals surface area contributed by atoms with Crippen LogP contribution >= 0.6 is 0 Å². The summed E-state index contributed by atoms with van der Waals surface area (Å²) in [6.07, 6.45) is 51.2. The van der Waals surface area contributed by atoms with Gasteiger partial charge in [0.1, 0.15) is 18.1 Å². The number of nitrogens with one attached hydrogen (secondary N) is 1. The third-order valence-electron chi connectivity index (χ3n) is 41.3. The van der Waals surface area contributed by atoms with Crippen LogP contribution in [0.15, 0.2) is 48.6 Å². The van der Waals surface area contributed by atoms with E-state index in [2.05, 4.69) is 107 Å². The van der Waals surface area contributed by atoms with E-state index < -0.39 is 17.9 Å². The highest BCUT2D eigenvalue weighted by molar-refractivity contribution is 5.75. The Morgan fingerprint density at radius 3 is 0.837 bits per heavy atom. The predicted molar refractivity (Wildman–Crippen MR) is 503 cm³/mol. The largest absolute Gasteiger partial charge is 0.480 e. The molecule has 12 aliphatic carbocycles. The second-order valence-electron chi connectivity index (χ2n) is 48.5. The molecule has 0 aromatic rings.